The number of ether oxygens (including phenoxy) is 1. The van der Waals surface area contributed by atoms with Gasteiger partial charge in [-0.2, -0.15) is 5.26 Å². The summed E-state index contributed by atoms with van der Waals surface area (Å²) in [5.74, 6) is -0.166. The van der Waals surface area contributed by atoms with Gasteiger partial charge < -0.3 is 19.4 Å². The number of halogens is 1. The lowest BCUT2D eigenvalue weighted by atomic mass is 9.76. The molecule has 3 heterocycles. The van der Waals surface area contributed by atoms with Crippen LogP contribution in [-0.4, -0.2) is 86.7 Å². The Balaban J connectivity index is 1.13. The quantitative estimate of drug-likeness (QED) is 0.481. The lowest BCUT2D eigenvalue weighted by Gasteiger charge is -2.40. The van der Waals surface area contributed by atoms with Crippen molar-refractivity contribution in [3.63, 3.8) is 0 Å². The van der Waals surface area contributed by atoms with E-state index < -0.39 is 0 Å². The molecule has 1 atom stereocenters. The lowest BCUT2D eigenvalue weighted by molar-refractivity contribution is -0.144. The van der Waals surface area contributed by atoms with E-state index in [4.69, 9.17) is 16.3 Å². The van der Waals surface area contributed by atoms with E-state index >= 15 is 0 Å². The van der Waals surface area contributed by atoms with Gasteiger partial charge in [0.25, 0.3) is 5.91 Å². The first-order valence-corrected chi connectivity index (χ1v) is 14.7. The Morgan fingerprint density at radius 2 is 1.70 bits per heavy atom. The van der Waals surface area contributed by atoms with Crippen molar-refractivity contribution in [2.75, 3.05) is 68.8 Å². The molecule has 5 rings (SSSR count). The Morgan fingerprint density at radius 3 is 2.33 bits per heavy atom. The number of amides is 1. The van der Waals surface area contributed by atoms with E-state index in [-0.39, 0.29) is 23.8 Å². The van der Waals surface area contributed by atoms with Gasteiger partial charge in [0.2, 0.25) is 0 Å². The number of hydrogen-bond donors (Lipinski definition) is 0. The number of rotatable bonds is 6. The van der Waals surface area contributed by atoms with Gasteiger partial charge in [0.05, 0.1) is 23.7 Å². The van der Waals surface area contributed by atoms with Crippen LogP contribution in [0.15, 0.2) is 42.5 Å². The van der Waals surface area contributed by atoms with Gasteiger partial charge >= 0.3 is 5.97 Å². The molecule has 0 bridgehead atoms. The Bertz CT molecular complexity index is 1260. The highest BCUT2D eigenvalue weighted by molar-refractivity contribution is 6.32. The number of piperidine rings is 1. The molecule has 40 heavy (non-hydrogen) atoms. The summed E-state index contributed by atoms with van der Waals surface area (Å²) in [5.41, 5.74) is 3.75. The molecule has 8 nitrogen and oxygen atoms in total. The Morgan fingerprint density at radius 1 is 1.02 bits per heavy atom. The van der Waals surface area contributed by atoms with Crippen molar-refractivity contribution in [1.82, 2.24) is 9.80 Å². The van der Waals surface area contributed by atoms with Gasteiger partial charge in [-0.15, -0.1) is 0 Å². The maximum Gasteiger partial charge on any atom is 0.320 e. The van der Waals surface area contributed by atoms with E-state index in [0.29, 0.717) is 55.0 Å². The highest BCUT2D eigenvalue weighted by atomic mass is 35.5. The van der Waals surface area contributed by atoms with Crippen molar-refractivity contribution in [1.29, 1.82) is 5.26 Å². The van der Waals surface area contributed by atoms with Gasteiger partial charge in [0.15, 0.2) is 0 Å². The van der Waals surface area contributed by atoms with Crippen molar-refractivity contribution < 1.29 is 14.3 Å². The maximum absolute atomic E-state index is 13.1. The molecule has 3 aliphatic rings. The maximum atomic E-state index is 13.1. The van der Waals surface area contributed by atoms with Crippen LogP contribution < -0.4 is 9.80 Å². The van der Waals surface area contributed by atoms with Crippen LogP contribution in [-0.2, 0) is 9.53 Å². The van der Waals surface area contributed by atoms with E-state index in [9.17, 15) is 14.9 Å². The van der Waals surface area contributed by atoms with Crippen molar-refractivity contribution in [3.05, 3.63) is 58.6 Å². The molecule has 2 aromatic carbocycles. The molecule has 212 valence electrons. The third-order valence-electron chi connectivity index (χ3n) is 8.79. The summed E-state index contributed by atoms with van der Waals surface area (Å²) in [6.45, 7) is 10.3. The second-order valence-electron chi connectivity index (χ2n) is 11.4. The van der Waals surface area contributed by atoms with Crippen LogP contribution in [0.3, 0.4) is 0 Å². The molecule has 0 N–H and O–H groups in total. The minimum atomic E-state index is -0.211. The molecule has 9 heteroatoms. The van der Waals surface area contributed by atoms with Crippen molar-refractivity contribution in [2.24, 2.45) is 5.41 Å². The third kappa shape index (κ3) is 6.06. The minimum Gasteiger partial charge on any atom is -0.465 e. The molecule has 0 aliphatic carbocycles. The number of benzene rings is 2. The number of nitriles is 1. The SMILES string of the molecule is CCOC(=O)CN1CCN(C(=O)c2ccc(N3CCC4(CC3)C[C@H](C)N(c3ccc(C#N)c(Cl)c3)C4)cc2)CC1. The standard InChI is InChI=1S/C31H38ClN5O3/c1-3-40-29(38)21-34-14-16-36(17-15-34)30(39)24-4-7-26(8-5-24)35-12-10-31(11-13-35)19-23(2)37(22-31)27-9-6-25(20-33)28(32)18-27/h4-9,18,23H,3,10-17,19,21-22H2,1-2H3/t23-/m0/s1. The summed E-state index contributed by atoms with van der Waals surface area (Å²) in [5, 5.41) is 9.72. The van der Waals surface area contributed by atoms with Crippen LogP contribution in [0.2, 0.25) is 5.02 Å². The van der Waals surface area contributed by atoms with E-state index in [0.717, 1.165) is 50.3 Å². The van der Waals surface area contributed by atoms with Crippen LogP contribution >= 0.6 is 11.6 Å². The predicted molar refractivity (Wildman–Crippen MR) is 157 cm³/mol. The molecule has 0 saturated carbocycles. The number of carbonyl (C=O) groups excluding carboxylic acids is 2. The number of piperazine rings is 1. The van der Waals surface area contributed by atoms with Gasteiger partial charge in [-0.25, -0.2) is 0 Å². The molecule has 2 aromatic rings. The van der Waals surface area contributed by atoms with Crippen molar-refractivity contribution in [2.45, 2.75) is 39.2 Å². The number of nitrogens with zero attached hydrogens (tertiary/aromatic N) is 5. The van der Waals surface area contributed by atoms with Crippen LogP contribution in [0.5, 0.6) is 0 Å². The largest absolute Gasteiger partial charge is 0.465 e. The van der Waals surface area contributed by atoms with E-state index in [1.807, 2.05) is 47.1 Å². The van der Waals surface area contributed by atoms with Gasteiger partial charge in [-0.3, -0.25) is 14.5 Å². The Kier molecular flexibility index (Phi) is 8.53. The average Bonchev–Trinajstić information content (AvgIpc) is 3.28. The topological polar surface area (TPSA) is 80.1 Å². The third-order valence-corrected chi connectivity index (χ3v) is 9.10. The van der Waals surface area contributed by atoms with Gasteiger partial charge in [0, 0.05) is 68.8 Å². The molecule has 3 fully saturated rings. The molecule has 3 saturated heterocycles. The number of hydrogen-bond acceptors (Lipinski definition) is 7. The van der Waals surface area contributed by atoms with Crippen molar-refractivity contribution in [3.8, 4) is 6.07 Å². The van der Waals surface area contributed by atoms with E-state index in [1.54, 1.807) is 0 Å². The Labute approximate surface area is 242 Å². The molecular formula is C31H38ClN5O3. The summed E-state index contributed by atoms with van der Waals surface area (Å²) < 4.78 is 5.03. The first kappa shape index (κ1) is 28.3. The normalized spacial score (nSPS) is 20.9. The van der Waals surface area contributed by atoms with E-state index in [1.165, 1.54) is 0 Å². The fourth-order valence-electron chi connectivity index (χ4n) is 6.53. The number of esters is 1. The highest BCUT2D eigenvalue weighted by Crippen LogP contribution is 2.46. The summed E-state index contributed by atoms with van der Waals surface area (Å²) in [4.78, 5) is 33.6. The van der Waals surface area contributed by atoms with Gasteiger partial charge in [-0.1, -0.05) is 11.6 Å². The summed E-state index contributed by atoms with van der Waals surface area (Å²) in [6.07, 6.45) is 3.39. The van der Waals surface area contributed by atoms with Crippen LogP contribution in [0, 0.1) is 16.7 Å². The molecule has 1 spiro atoms. The molecule has 1 amide bonds. The van der Waals surface area contributed by atoms with Gasteiger partial charge in [0.1, 0.15) is 6.07 Å². The number of carbonyl (C=O) groups is 2. The summed E-state index contributed by atoms with van der Waals surface area (Å²) in [6, 6.07) is 16.4. The van der Waals surface area contributed by atoms with Crippen LogP contribution in [0.4, 0.5) is 11.4 Å². The zero-order valence-corrected chi connectivity index (χ0v) is 24.2. The first-order valence-electron chi connectivity index (χ1n) is 14.3. The monoisotopic (exact) mass is 563 g/mol. The fraction of sp³-hybridized carbons (Fsp3) is 0.516. The summed E-state index contributed by atoms with van der Waals surface area (Å²) >= 11 is 6.33. The Hall–Kier alpha value is -3.28. The molecule has 0 unspecified atom stereocenters. The fourth-order valence-corrected chi connectivity index (χ4v) is 6.75. The zero-order chi connectivity index (χ0) is 28.3. The second kappa shape index (κ2) is 12.1. The lowest BCUT2D eigenvalue weighted by Crippen LogP contribution is -2.50. The molecular weight excluding hydrogens is 526 g/mol. The molecule has 0 radical (unpaired) electrons. The van der Waals surface area contributed by atoms with Crippen molar-refractivity contribution >= 4 is 34.9 Å². The zero-order valence-electron chi connectivity index (χ0n) is 23.4. The van der Waals surface area contributed by atoms with Crippen LogP contribution in [0.25, 0.3) is 0 Å². The molecule has 0 aromatic heterocycles. The smallest absolute Gasteiger partial charge is 0.320 e. The summed E-state index contributed by atoms with van der Waals surface area (Å²) in [7, 11) is 0. The minimum absolute atomic E-state index is 0.0443. The number of anilines is 2. The predicted octanol–water partition coefficient (Wildman–Crippen LogP) is 4.42. The first-order chi connectivity index (χ1) is 19.3. The van der Waals surface area contributed by atoms with Crippen LogP contribution in [0.1, 0.15) is 49.0 Å². The molecule has 3 aliphatic heterocycles. The second-order valence-corrected chi connectivity index (χ2v) is 11.8. The van der Waals surface area contributed by atoms with E-state index in [2.05, 4.69) is 34.9 Å². The van der Waals surface area contributed by atoms with Gasteiger partial charge in [-0.05, 0) is 81.0 Å². The highest BCUT2D eigenvalue weighted by Gasteiger charge is 2.44. The average molecular weight is 564 g/mol.